The Morgan fingerprint density at radius 3 is 2.78 bits per heavy atom. The monoisotopic (exact) mass is 247 g/mol. The van der Waals surface area contributed by atoms with E-state index >= 15 is 0 Å². The average Bonchev–Trinajstić information content (AvgIpc) is 2.70. The summed E-state index contributed by atoms with van der Waals surface area (Å²) in [4.78, 5) is 12.1. The van der Waals surface area contributed by atoms with Crippen LogP contribution in [-0.4, -0.2) is 5.91 Å². The number of carbonyl (C=O) groups is 1. The van der Waals surface area contributed by atoms with Crippen LogP contribution in [0.2, 0.25) is 0 Å². The second kappa shape index (κ2) is 4.63. The molecule has 1 N–H and O–H groups in total. The molecule has 1 saturated carbocycles. The van der Waals surface area contributed by atoms with Gasteiger partial charge in [0.2, 0.25) is 5.91 Å². The Morgan fingerprint density at radius 1 is 1.50 bits per heavy atom. The number of hydrogen-bond acceptors (Lipinski definition) is 2. The van der Waals surface area contributed by atoms with Crippen molar-refractivity contribution in [1.82, 2.24) is 5.32 Å². The van der Waals surface area contributed by atoms with Crippen molar-refractivity contribution >= 4 is 5.91 Å². The third-order valence-corrected chi connectivity index (χ3v) is 3.72. The van der Waals surface area contributed by atoms with E-state index in [2.05, 4.69) is 39.1 Å². The molecule has 98 valence electrons. The summed E-state index contributed by atoms with van der Waals surface area (Å²) in [7, 11) is 0. The van der Waals surface area contributed by atoms with Crippen molar-refractivity contribution < 1.29 is 9.21 Å². The molecule has 0 saturated heterocycles. The fraction of sp³-hybridized carbons (Fsp3) is 0.533. The molecule has 3 nitrogen and oxygen atoms in total. The van der Waals surface area contributed by atoms with Gasteiger partial charge in [-0.2, -0.15) is 0 Å². The summed E-state index contributed by atoms with van der Waals surface area (Å²) in [5.74, 6) is 1.36. The van der Waals surface area contributed by atoms with Gasteiger partial charge < -0.3 is 9.73 Å². The highest BCUT2D eigenvalue weighted by Crippen LogP contribution is 2.59. The van der Waals surface area contributed by atoms with E-state index in [1.54, 1.807) is 6.26 Å². The summed E-state index contributed by atoms with van der Waals surface area (Å²) in [6.07, 6.45) is 3.83. The third-order valence-electron chi connectivity index (χ3n) is 3.72. The number of amides is 1. The summed E-state index contributed by atoms with van der Waals surface area (Å²) in [6, 6.07) is 3.69. The SMILES string of the molecule is CC(C)=CC1C(C(=O)NCc2ccco2)C1(C)C. The Bertz CT molecular complexity index is 453. The molecule has 1 aromatic rings. The maximum atomic E-state index is 12.1. The van der Waals surface area contributed by atoms with Crippen LogP contribution in [0.4, 0.5) is 0 Å². The van der Waals surface area contributed by atoms with E-state index in [1.807, 2.05) is 12.1 Å². The molecule has 0 bridgehead atoms. The van der Waals surface area contributed by atoms with Crippen LogP contribution in [0.1, 0.15) is 33.5 Å². The van der Waals surface area contributed by atoms with Crippen molar-refractivity contribution in [2.75, 3.05) is 0 Å². The first-order valence-electron chi connectivity index (χ1n) is 6.38. The number of hydrogen-bond donors (Lipinski definition) is 1. The summed E-state index contributed by atoms with van der Waals surface area (Å²) in [5, 5.41) is 2.94. The second-order valence-electron chi connectivity index (χ2n) is 5.87. The Morgan fingerprint density at radius 2 is 2.22 bits per heavy atom. The Labute approximate surface area is 108 Å². The summed E-state index contributed by atoms with van der Waals surface area (Å²) >= 11 is 0. The van der Waals surface area contributed by atoms with Crippen molar-refractivity contribution in [1.29, 1.82) is 0 Å². The lowest BCUT2D eigenvalue weighted by Crippen LogP contribution is -2.26. The van der Waals surface area contributed by atoms with Crippen molar-refractivity contribution in [3.63, 3.8) is 0 Å². The molecular formula is C15H21NO2. The molecule has 1 amide bonds. The molecule has 18 heavy (non-hydrogen) atoms. The summed E-state index contributed by atoms with van der Waals surface area (Å²) < 4.78 is 5.20. The molecule has 2 atom stereocenters. The van der Waals surface area contributed by atoms with Crippen molar-refractivity contribution in [2.45, 2.75) is 34.2 Å². The second-order valence-corrected chi connectivity index (χ2v) is 5.87. The summed E-state index contributed by atoms with van der Waals surface area (Å²) in [6.45, 7) is 8.92. The molecule has 2 rings (SSSR count). The Hall–Kier alpha value is -1.51. The molecule has 2 unspecified atom stereocenters. The van der Waals surface area contributed by atoms with Crippen LogP contribution >= 0.6 is 0 Å². The van der Waals surface area contributed by atoms with Gasteiger partial charge in [-0.3, -0.25) is 4.79 Å². The number of allylic oxidation sites excluding steroid dienone is 2. The quantitative estimate of drug-likeness (QED) is 0.830. The van der Waals surface area contributed by atoms with Crippen LogP contribution in [0.3, 0.4) is 0 Å². The van der Waals surface area contributed by atoms with Crippen molar-refractivity contribution in [3.05, 3.63) is 35.8 Å². The minimum Gasteiger partial charge on any atom is -0.467 e. The van der Waals surface area contributed by atoms with Gasteiger partial charge >= 0.3 is 0 Å². The van der Waals surface area contributed by atoms with E-state index in [1.165, 1.54) is 5.57 Å². The number of rotatable bonds is 4. The normalized spacial score (nSPS) is 24.4. The molecule has 3 heteroatoms. The fourth-order valence-corrected chi connectivity index (χ4v) is 2.55. The van der Waals surface area contributed by atoms with Crippen molar-refractivity contribution in [2.24, 2.45) is 17.3 Å². The predicted molar refractivity (Wildman–Crippen MR) is 70.7 cm³/mol. The van der Waals surface area contributed by atoms with E-state index < -0.39 is 0 Å². The predicted octanol–water partition coefficient (Wildman–Crippen LogP) is 3.13. The number of carbonyl (C=O) groups excluding carboxylic acids is 1. The van der Waals surface area contributed by atoms with E-state index in [-0.39, 0.29) is 17.2 Å². The standard InChI is InChI=1S/C15H21NO2/c1-10(2)8-12-13(15(12,3)4)14(17)16-9-11-6-5-7-18-11/h5-8,12-13H,9H2,1-4H3,(H,16,17). The van der Waals surface area contributed by atoms with Gasteiger partial charge in [0, 0.05) is 0 Å². The topological polar surface area (TPSA) is 42.2 Å². The van der Waals surface area contributed by atoms with Crippen LogP contribution in [0.15, 0.2) is 34.5 Å². The van der Waals surface area contributed by atoms with Crippen molar-refractivity contribution in [3.8, 4) is 0 Å². The lowest BCUT2D eigenvalue weighted by Gasteiger charge is -2.04. The zero-order valence-electron chi connectivity index (χ0n) is 11.5. The zero-order valence-corrected chi connectivity index (χ0v) is 11.5. The van der Waals surface area contributed by atoms with Gasteiger partial charge in [-0.15, -0.1) is 0 Å². The van der Waals surface area contributed by atoms with Crippen LogP contribution in [0.5, 0.6) is 0 Å². The first-order chi connectivity index (χ1) is 8.43. The van der Waals surface area contributed by atoms with Gasteiger partial charge in [0.1, 0.15) is 5.76 Å². The average molecular weight is 247 g/mol. The van der Waals surface area contributed by atoms with E-state index in [4.69, 9.17) is 4.42 Å². The molecule has 0 spiro atoms. The molecule has 1 fully saturated rings. The van der Waals surface area contributed by atoms with Gasteiger partial charge in [-0.25, -0.2) is 0 Å². The minimum atomic E-state index is 0.0739. The lowest BCUT2D eigenvalue weighted by molar-refractivity contribution is -0.123. The highest BCUT2D eigenvalue weighted by atomic mass is 16.3. The minimum absolute atomic E-state index is 0.0739. The van der Waals surface area contributed by atoms with E-state index in [0.29, 0.717) is 12.5 Å². The van der Waals surface area contributed by atoms with Gasteiger partial charge in [0.15, 0.2) is 0 Å². The molecule has 0 aromatic carbocycles. The Balaban J connectivity index is 1.92. The zero-order chi connectivity index (χ0) is 13.3. The molecule has 1 aliphatic rings. The van der Waals surface area contributed by atoms with Crippen LogP contribution in [-0.2, 0) is 11.3 Å². The molecule has 1 heterocycles. The third kappa shape index (κ3) is 2.50. The fourth-order valence-electron chi connectivity index (χ4n) is 2.55. The first kappa shape index (κ1) is 12.9. The maximum Gasteiger partial charge on any atom is 0.224 e. The van der Waals surface area contributed by atoms with Gasteiger partial charge in [0.05, 0.1) is 18.7 Å². The van der Waals surface area contributed by atoms with Crippen LogP contribution in [0, 0.1) is 17.3 Å². The highest BCUT2D eigenvalue weighted by Gasteiger charge is 2.60. The van der Waals surface area contributed by atoms with Gasteiger partial charge in [0.25, 0.3) is 0 Å². The van der Waals surface area contributed by atoms with Gasteiger partial charge in [-0.05, 0) is 37.3 Å². The van der Waals surface area contributed by atoms with Crippen LogP contribution in [0.25, 0.3) is 0 Å². The molecule has 1 aliphatic carbocycles. The number of nitrogens with one attached hydrogen (secondary N) is 1. The first-order valence-corrected chi connectivity index (χ1v) is 6.38. The maximum absolute atomic E-state index is 12.1. The smallest absolute Gasteiger partial charge is 0.224 e. The Kier molecular flexibility index (Phi) is 3.33. The molecule has 1 aromatic heterocycles. The van der Waals surface area contributed by atoms with Gasteiger partial charge in [-0.1, -0.05) is 25.5 Å². The molecule has 0 radical (unpaired) electrons. The van der Waals surface area contributed by atoms with Crippen LogP contribution < -0.4 is 5.32 Å². The largest absolute Gasteiger partial charge is 0.467 e. The highest BCUT2D eigenvalue weighted by molar-refractivity contribution is 5.83. The summed E-state index contributed by atoms with van der Waals surface area (Å²) in [5.41, 5.74) is 1.35. The molecule has 0 aliphatic heterocycles. The lowest BCUT2D eigenvalue weighted by atomic mass is 10.1. The number of furan rings is 1. The van der Waals surface area contributed by atoms with E-state index in [9.17, 15) is 4.79 Å². The molecular weight excluding hydrogens is 226 g/mol. The van der Waals surface area contributed by atoms with E-state index in [0.717, 1.165) is 5.76 Å².